The van der Waals surface area contributed by atoms with Crippen molar-refractivity contribution in [2.45, 2.75) is 0 Å². The zero-order chi connectivity index (χ0) is 0. The second-order valence-electron chi connectivity index (χ2n) is 0. The second kappa shape index (κ2) is 15.9. The third-order valence-corrected chi connectivity index (χ3v) is 0. The fraction of sp³-hybridized carbons (Fsp3) is 0. The normalized spacial score (nSPS) is 0. The Morgan fingerprint density at radius 2 is 0.500 bits per heavy atom. The van der Waals surface area contributed by atoms with E-state index in [4.69, 9.17) is 0 Å². The largest absolute Gasteiger partial charge is 2.00 e. The van der Waals surface area contributed by atoms with Gasteiger partial charge in [-0.3, -0.25) is 0 Å². The van der Waals surface area contributed by atoms with E-state index >= 15 is 0 Å². The summed E-state index contributed by atoms with van der Waals surface area (Å²) < 4.78 is 0. The Morgan fingerprint density at radius 1 is 0.500 bits per heavy atom. The van der Waals surface area contributed by atoms with Gasteiger partial charge in [-0.1, -0.05) is 0 Å². The summed E-state index contributed by atoms with van der Waals surface area (Å²) in [6.45, 7) is 0. The van der Waals surface area contributed by atoms with Crippen LogP contribution in [0.15, 0.2) is 0 Å². The molecule has 0 radical (unpaired) electrons. The van der Waals surface area contributed by atoms with Crippen molar-refractivity contribution in [2.24, 2.45) is 0 Å². The van der Waals surface area contributed by atoms with Crippen LogP contribution in [0.2, 0.25) is 0 Å². The molecule has 0 saturated heterocycles. The number of hydrogen-bond donors (Lipinski definition) is 0. The Labute approximate surface area is 116 Å². The van der Waals surface area contributed by atoms with Crippen molar-refractivity contribution in [2.75, 3.05) is 0 Å². The Bertz CT molecular complexity index is 3.25. The topological polar surface area (TPSA) is 0 Å². The molecule has 0 aromatic heterocycles. The van der Waals surface area contributed by atoms with Crippen LogP contribution >= 0.6 is 0 Å². The smallest absolute Gasteiger partial charge is 1.00 e. The minimum absolute atomic E-state index is 0. The van der Waals surface area contributed by atoms with Gasteiger partial charge in [-0.05, 0) is 0 Å². The molecule has 0 N–H and O–H groups in total. The maximum atomic E-state index is 0. The summed E-state index contributed by atoms with van der Waals surface area (Å²) in [5.74, 6) is 0. The molecule has 0 unspecified atom stereocenters. The van der Waals surface area contributed by atoms with Crippen molar-refractivity contribution in [3.05, 3.63) is 0 Å². The van der Waals surface area contributed by atoms with Crippen molar-refractivity contribution in [3.63, 3.8) is 0 Å². The summed E-state index contributed by atoms with van der Waals surface area (Å²) in [4.78, 5) is 0. The van der Waals surface area contributed by atoms with Gasteiger partial charge in [0.15, 0.2) is 0 Å². The van der Waals surface area contributed by atoms with Gasteiger partial charge in [-0.25, -0.2) is 0 Å². The first-order valence-electron chi connectivity index (χ1n) is 0. The van der Waals surface area contributed by atoms with Crippen LogP contribution in [0.25, 0.3) is 0 Å². The fourth-order valence-electron chi connectivity index (χ4n) is 0. The Balaban J connectivity index is 0. The van der Waals surface area contributed by atoms with Crippen LogP contribution in [0.3, 0.4) is 0 Å². The fourth-order valence-corrected chi connectivity index (χ4v) is 0. The first-order chi connectivity index (χ1) is 0. The van der Waals surface area contributed by atoms with E-state index < -0.39 is 0 Å². The van der Waals surface area contributed by atoms with E-state index in [1.165, 1.54) is 0 Å². The molecule has 0 atom stereocenters. The van der Waals surface area contributed by atoms with Crippen LogP contribution in [0.5, 0.6) is 0 Å². The summed E-state index contributed by atoms with van der Waals surface area (Å²) in [7, 11) is 0. The molecular weight excluding hydrogens is 554 g/mol. The monoisotopic (exact) mass is 555 g/mol. The van der Waals surface area contributed by atoms with Gasteiger partial charge in [0.25, 0.3) is 0 Å². The van der Waals surface area contributed by atoms with E-state index in [1.54, 1.807) is 0 Å². The minimum atomic E-state index is 0. The average Bonchev–Trinajstić information content (AvgIpc) is 0. The maximum Gasteiger partial charge on any atom is 2.00 e. The Morgan fingerprint density at radius 3 is 0.500 bits per heavy atom. The van der Waals surface area contributed by atoms with Crippen molar-refractivity contribution in [1.82, 2.24) is 0 Å². The SMILES string of the molecule is [I-].[I-].[I-].[Yb+2]. The Kier molecular flexibility index (Phi) is 100. The van der Waals surface area contributed by atoms with Crippen LogP contribution in [0.1, 0.15) is 0 Å². The van der Waals surface area contributed by atoms with Crippen molar-refractivity contribution in [3.8, 4) is 0 Å². The first kappa shape index (κ1) is 25.2. The molecular formula is I3Yb-. The minimum Gasteiger partial charge on any atom is -1.00 e. The van der Waals surface area contributed by atoms with Crippen molar-refractivity contribution >= 4 is 0 Å². The summed E-state index contributed by atoms with van der Waals surface area (Å²) in [5, 5.41) is 0. The van der Waals surface area contributed by atoms with Gasteiger partial charge in [0.2, 0.25) is 0 Å². The molecule has 4 heteroatoms. The molecule has 0 bridgehead atoms. The molecule has 0 aliphatic carbocycles. The van der Waals surface area contributed by atoms with E-state index in [1.807, 2.05) is 0 Å². The van der Waals surface area contributed by atoms with Crippen molar-refractivity contribution in [1.29, 1.82) is 0 Å². The van der Waals surface area contributed by atoms with Gasteiger partial charge in [-0.15, -0.1) is 0 Å². The van der Waals surface area contributed by atoms with E-state index in [0.29, 0.717) is 0 Å². The van der Waals surface area contributed by atoms with Gasteiger partial charge < -0.3 is 71.9 Å². The summed E-state index contributed by atoms with van der Waals surface area (Å²) in [5.41, 5.74) is 0. The Hall–Kier alpha value is 3.71. The van der Waals surface area contributed by atoms with Gasteiger partial charge in [-0.2, -0.15) is 0 Å². The molecule has 0 heterocycles. The van der Waals surface area contributed by atoms with E-state index in [-0.39, 0.29) is 119 Å². The molecule has 0 nitrogen and oxygen atoms in total. The molecule has 0 rings (SSSR count). The summed E-state index contributed by atoms with van der Waals surface area (Å²) in [6.07, 6.45) is 0. The zero-order valence-electron chi connectivity index (χ0n) is 1.40. The van der Waals surface area contributed by atoms with Crippen LogP contribution in [-0.4, -0.2) is 0 Å². The number of rotatable bonds is 0. The molecule has 4 heavy (non-hydrogen) atoms. The zero-order valence-corrected chi connectivity index (χ0v) is 9.59. The standard InChI is InChI=1S/3HI.Yb/h3*1H;/q;;;+2/p-3. The quantitative estimate of drug-likeness (QED) is 0.262. The third kappa shape index (κ3) is 9.20. The molecule has 0 amide bonds. The predicted octanol–water partition coefficient (Wildman–Crippen LogP) is -8.99. The van der Waals surface area contributed by atoms with Crippen molar-refractivity contribution < 1.29 is 119 Å². The van der Waals surface area contributed by atoms with Gasteiger partial charge in [0.05, 0.1) is 0 Å². The molecule has 0 aromatic rings. The molecule has 0 aromatic carbocycles. The maximum absolute atomic E-state index is 0. The van der Waals surface area contributed by atoms with Crippen LogP contribution in [0, 0.1) is 46.9 Å². The molecule has 0 fully saturated rings. The molecule has 0 spiro atoms. The van der Waals surface area contributed by atoms with Gasteiger partial charge >= 0.3 is 46.9 Å². The van der Waals surface area contributed by atoms with Crippen LogP contribution in [-0.2, 0) is 0 Å². The van der Waals surface area contributed by atoms with Crippen LogP contribution < -0.4 is 71.9 Å². The molecule has 0 saturated carbocycles. The molecule has 0 aliphatic rings. The molecule has 36 valence electrons. The van der Waals surface area contributed by atoms with Gasteiger partial charge in [0.1, 0.15) is 0 Å². The van der Waals surface area contributed by atoms with E-state index in [9.17, 15) is 0 Å². The van der Waals surface area contributed by atoms with E-state index in [0.717, 1.165) is 0 Å². The van der Waals surface area contributed by atoms with E-state index in [2.05, 4.69) is 0 Å². The number of halogens is 3. The number of hydrogen-bond acceptors (Lipinski definition) is 0. The summed E-state index contributed by atoms with van der Waals surface area (Å²) >= 11 is 0. The van der Waals surface area contributed by atoms with Crippen LogP contribution in [0.4, 0.5) is 0 Å². The second-order valence-corrected chi connectivity index (χ2v) is 0. The first-order valence-corrected chi connectivity index (χ1v) is 0. The third-order valence-electron chi connectivity index (χ3n) is 0. The summed E-state index contributed by atoms with van der Waals surface area (Å²) in [6, 6.07) is 0. The average molecular weight is 554 g/mol. The van der Waals surface area contributed by atoms with Gasteiger partial charge in [0, 0.05) is 0 Å². The molecule has 0 aliphatic heterocycles. The predicted molar refractivity (Wildman–Crippen MR) is 0 cm³/mol.